The Hall–Kier alpha value is -1.40. The van der Waals surface area contributed by atoms with Gasteiger partial charge >= 0.3 is 5.97 Å². The summed E-state index contributed by atoms with van der Waals surface area (Å²) < 4.78 is 27.0. The maximum atomic E-state index is 12.2. The van der Waals surface area contributed by atoms with Crippen LogP contribution in [0.1, 0.15) is 30.9 Å². The summed E-state index contributed by atoms with van der Waals surface area (Å²) in [5.41, 5.74) is 1.58. The molecular weight excluding hydrogens is 278 g/mol. The summed E-state index contributed by atoms with van der Waals surface area (Å²) in [7, 11) is -3.54. The van der Waals surface area contributed by atoms with Crippen LogP contribution in [0.25, 0.3) is 0 Å². The third kappa shape index (κ3) is 4.94. The highest BCUT2D eigenvalue weighted by Gasteiger charge is 2.18. The van der Waals surface area contributed by atoms with Crippen molar-refractivity contribution in [3.05, 3.63) is 29.3 Å². The highest BCUT2D eigenvalue weighted by atomic mass is 32.2. The SMILES string of the molecule is Cc1ccc(C)c(S(=O)(=O)NCC(C)CCC(=O)O)c1. The van der Waals surface area contributed by atoms with Gasteiger partial charge in [-0.25, -0.2) is 13.1 Å². The fraction of sp³-hybridized carbons (Fsp3) is 0.500. The lowest BCUT2D eigenvalue weighted by Gasteiger charge is -2.13. The van der Waals surface area contributed by atoms with Gasteiger partial charge in [0.2, 0.25) is 10.0 Å². The standard InChI is InChI=1S/C14H21NO4S/c1-10-4-6-12(3)13(8-10)20(18,19)15-9-11(2)5-7-14(16)17/h4,6,8,11,15H,5,7,9H2,1-3H3,(H,16,17). The summed E-state index contributed by atoms with van der Waals surface area (Å²) in [4.78, 5) is 10.8. The molecule has 1 aromatic rings. The molecule has 1 rings (SSSR count). The van der Waals surface area contributed by atoms with Gasteiger partial charge in [0.1, 0.15) is 0 Å². The summed E-state index contributed by atoms with van der Waals surface area (Å²) in [6.07, 6.45) is 0.497. The molecule has 20 heavy (non-hydrogen) atoms. The molecule has 1 aromatic carbocycles. The minimum Gasteiger partial charge on any atom is -0.481 e. The zero-order chi connectivity index (χ0) is 15.3. The molecule has 0 aliphatic rings. The fourth-order valence-electron chi connectivity index (χ4n) is 1.80. The van der Waals surface area contributed by atoms with Gasteiger partial charge in [0.15, 0.2) is 0 Å². The second kappa shape index (κ2) is 6.85. The molecule has 0 radical (unpaired) electrons. The first-order valence-corrected chi connectivity index (χ1v) is 7.99. The molecule has 5 nitrogen and oxygen atoms in total. The van der Waals surface area contributed by atoms with Crippen molar-refractivity contribution in [3.8, 4) is 0 Å². The molecule has 0 aliphatic heterocycles. The molecule has 0 spiro atoms. The van der Waals surface area contributed by atoms with Gasteiger partial charge in [0.05, 0.1) is 4.90 Å². The maximum absolute atomic E-state index is 12.2. The van der Waals surface area contributed by atoms with E-state index in [-0.39, 0.29) is 23.8 Å². The van der Waals surface area contributed by atoms with E-state index in [4.69, 9.17) is 5.11 Å². The van der Waals surface area contributed by atoms with E-state index in [0.717, 1.165) is 5.56 Å². The summed E-state index contributed by atoms with van der Waals surface area (Å²) in [5, 5.41) is 8.60. The number of benzene rings is 1. The number of aryl methyl sites for hydroxylation is 2. The predicted octanol–water partition coefficient (Wildman–Crippen LogP) is 2.08. The highest BCUT2D eigenvalue weighted by Crippen LogP contribution is 2.17. The van der Waals surface area contributed by atoms with E-state index in [1.54, 1.807) is 19.1 Å². The molecule has 2 N–H and O–H groups in total. The Labute approximate surface area is 120 Å². The highest BCUT2D eigenvalue weighted by molar-refractivity contribution is 7.89. The van der Waals surface area contributed by atoms with E-state index in [1.165, 1.54) is 0 Å². The molecule has 0 bridgehead atoms. The number of hydrogen-bond donors (Lipinski definition) is 2. The van der Waals surface area contributed by atoms with Crippen molar-refractivity contribution in [1.82, 2.24) is 4.72 Å². The van der Waals surface area contributed by atoms with Crippen LogP contribution in [-0.2, 0) is 14.8 Å². The molecule has 0 aromatic heterocycles. The second-order valence-corrected chi connectivity index (χ2v) is 6.89. The van der Waals surface area contributed by atoms with Gasteiger partial charge in [-0.05, 0) is 43.4 Å². The van der Waals surface area contributed by atoms with Crippen LogP contribution < -0.4 is 4.72 Å². The molecular formula is C14H21NO4S. The molecule has 0 saturated heterocycles. The molecule has 6 heteroatoms. The van der Waals surface area contributed by atoms with E-state index in [2.05, 4.69) is 4.72 Å². The second-order valence-electron chi connectivity index (χ2n) is 5.16. The fourth-order valence-corrected chi connectivity index (χ4v) is 3.29. The summed E-state index contributed by atoms with van der Waals surface area (Å²) in [6.45, 7) is 5.66. The van der Waals surface area contributed by atoms with Crippen molar-refractivity contribution < 1.29 is 18.3 Å². The number of carboxylic acid groups (broad SMARTS) is 1. The molecule has 0 saturated carbocycles. The monoisotopic (exact) mass is 299 g/mol. The van der Waals surface area contributed by atoms with Crippen molar-refractivity contribution in [2.75, 3.05) is 6.54 Å². The number of hydrogen-bond acceptors (Lipinski definition) is 3. The van der Waals surface area contributed by atoms with Gasteiger partial charge in [-0.2, -0.15) is 0 Å². The predicted molar refractivity (Wildman–Crippen MR) is 77.1 cm³/mol. The molecule has 0 heterocycles. The van der Waals surface area contributed by atoms with Crippen molar-refractivity contribution >= 4 is 16.0 Å². The molecule has 0 aliphatic carbocycles. The Morgan fingerprint density at radius 3 is 2.60 bits per heavy atom. The lowest BCUT2D eigenvalue weighted by atomic mass is 10.1. The summed E-state index contributed by atoms with van der Waals surface area (Å²) >= 11 is 0. The molecule has 0 amide bonds. The van der Waals surface area contributed by atoms with Crippen LogP contribution in [0.15, 0.2) is 23.1 Å². The van der Waals surface area contributed by atoms with Gasteiger partial charge < -0.3 is 5.11 Å². The van der Waals surface area contributed by atoms with Gasteiger partial charge in [0, 0.05) is 13.0 Å². The quantitative estimate of drug-likeness (QED) is 0.807. The Bertz CT molecular complexity index is 581. The Kier molecular flexibility index (Phi) is 5.71. The topological polar surface area (TPSA) is 83.5 Å². The van der Waals surface area contributed by atoms with E-state index in [9.17, 15) is 13.2 Å². The maximum Gasteiger partial charge on any atom is 0.303 e. The van der Waals surface area contributed by atoms with Crippen molar-refractivity contribution in [1.29, 1.82) is 0 Å². The number of rotatable bonds is 7. The van der Waals surface area contributed by atoms with Crippen LogP contribution >= 0.6 is 0 Å². The molecule has 0 fully saturated rings. The number of sulfonamides is 1. The lowest BCUT2D eigenvalue weighted by molar-refractivity contribution is -0.137. The van der Waals surface area contributed by atoms with Crippen LogP contribution in [0.2, 0.25) is 0 Å². The number of carboxylic acids is 1. The van der Waals surface area contributed by atoms with Crippen LogP contribution in [0.3, 0.4) is 0 Å². The lowest BCUT2D eigenvalue weighted by Crippen LogP contribution is -2.29. The van der Waals surface area contributed by atoms with Gasteiger partial charge in [-0.1, -0.05) is 19.1 Å². The largest absolute Gasteiger partial charge is 0.481 e. The van der Waals surface area contributed by atoms with E-state index >= 15 is 0 Å². The van der Waals surface area contributed by atoms with E-state index < -0.39 is 16.0 Å². The average Bonchev–Trinajstić information content (AvgIpc) is 2.36. The van der Waals surface area contributed by atoms with Crippen LogP contribution in [0.5, 0.6) is 0 Å². The van der Waals surface area contributed by atoms with Gasteiger partial charge in [-0.3, -0.25) is 4.79 Å². The molecule has 1 unspecified atom stereocenters. The molecule has 1 atom stereocenters. The first-order valence-electron chi connectivity index (χ1n) is 6.51. The first-order chi connectivity index (χ1) is 9.22. The zero-order valence-electron chi connectivity index (χ0n) is 12.0. The van der Waals surface area contributed by atoms with Crippen molar-refractivity contribution in [3.63, 3.8) is 0 Å². The van der Waals surface area contributed by atoms with Crippen LogP contribution in [0.4, 0.5) is 0 Å². The number of carbonyl (C=O) groups is 1. The Balaban J connectivity index is 2.70. The number of aliphatic carboxylic acids is 1. The minimum atomic E-state index is -3.54. The third-order valence-corrected chi connectivity index (χ3v) is 4.67. The van der Waals surface area contributed by atoms with Gasteiger partial charge in [-0.15, -0.1) is 0 Å². The minimum absolute atomic E-state index is 0.0222. The van der Waals surface area contributed by atoms with Crippen LogP contribution in [0, 0.1) is 19.8 Å². The average molecular weight is 299 g/mol. The smallest absolute Gasteiger partial charge is 0.303 e. The molecule has 112 valence electrons. The van der Waals surface area contributed by atoms with E-state index in [0.29, 0.717) is 12.0 Å². The normalized spacial score (nSPS) is 13.2. The summed E-state index contributed by atoms with van der Waals surface area (Å²) in [5.74, 6) is -0.889. The van der Waals surface area contributed by atoms with Gasteiger partial charge in [0.25, 0.3) is 0 Å². The van der Waals surface area contributed by atoms with Crippen molar-refractivity contribution in [2.45, 2.75) is 38.5 Å². The van der Waals surface area contributed by atoms with Crippen LogP contribution in [-0.4, -0.2) is 26.0 Å². The van der Waals surface area contributed by atoms with E-state index in [1.807, 2.05) is 19.9 Å². The Morgan fingerprint density at radius 1 is 1.35 bits per heavy atom. The first kappa shape index (κ1) is 16.7. The van der Waals surface area contributed by atoms with Crippen molar-refractivity contribution in [2.24, 2.45) is 5.92 Å². The number of nitrogens with one attached hydrogen (secondary N) is 1. The Morgan fingerprint density at radius 2 is 2.00 bits per heavy atom. The third-order valence-electron chi connectivity index (χ3n) is 3.11. The zero-order valence-corrected chi connectivity index (χ0v) is 12.8. The summed E-state index contributed by atoms with van der Waals surface area (Å²) in [6, 6.07) is 5.28.